The Hall–Kier alpha value is -3.42. The summed E-state index contributed by atoms with van der Waals surface area (Å²) in [7, 11) is 0. The van der Waals surface area contributed by atoms with Gasteiger partial charge in [0.25, 0.3) is 5.91 Å². The molecule has 0 aliphatic rings. The van der Waals surface area contributed by atoms with Crippen molar-refractivity contribution >= 4 is 5.91 Å². The Morgan fingerprint density at radius 1 is 1.07 bits per heavy atom. The number of hydrogen-bond donors (Lipinski definition) is 1. The van der Waals surface area contributed by atoms with E-state index in [0.29, 0.717) is 24.1 Å². The van der Waals surface area contributed by atoms with Crippen molar-refractivity contribution in [2.75, 3.05) is 13.2 Å². The molecule has 1 N–H and O–H groups in total. The third-order valence-corrected chi connectivity index (χ3v) is 3.51. The first-order valence-electron chi connectivity index (χ1n) is 8.60. The quantitative estimate of drug-likeness (QED) is 0.620. The Bertz CT molecular complexity index is 850. The lowest BCUT2D eigenvalue weighted by Gasteiger charge is -2.08. The van der Waals surface area contributed by atoms with Crippen molar-refractivity contribution < 1.29 is 18.8 Å². The van der Waals surface area contributed by atoms with Crippen molar-refractivity contribution in [2.45, 2.75) is 19.9 Å². The molecule has 1 amide bonds. The van der Waals surface area contributed by atoms with Gasteiger partial charge >= 0.3 is 0 Å². The zero-order valence-corrected chi connectivity index (χ0v) is 14.9. The lowest BCUT2D eigenvalue weighted by atomic mass is 10.2. The van der Waals surface area contributed by atoms with E-state index >= 15 is 0 Å². The topological polar surface area (TPSA) is 99.4 Å². The van der Waals surface area contributed by atoms with Gasteiger partial charge in [-0.2, -0.15) is 4.98 Å². The van der Waals surface area contributed by atoms with Crippen LogP contribution in [0.15, 0.2) is 53.3 Å². The van der Waals surface area contributed by atoms with E-state index in [1.54, 1.807) is 36.7 Å². The van der Waals surface area contributed by atoms with Crippen LogP contribution in [0.25, 0.3) is 11.4 Å². The fraction of sp³-hybridized carbons (Fsp3) is 0.263. The van der Waals surface area contributed by atoms with E-state index < -0.39 is 0 Å². The number of nitrogens with one attached hydrogen (secondary N) is 1. The van der Waals surface area contributed by atoms with Gasteiger partial charge < -0.3 is 19.3 Å². The minimum absolute atomic E-state index is 0.111. The Morgan fingerprint density at radius 2 is 1.78 bits per heavy atom. The van der Waals surface area contributed by atoms with Crippen LogP contribution in [0.3, 0.4) is 0 Å². The van der Waals surface area contributed by atoms with E-state index in [-0.39, 0.29) is 19.1 Å². The zero-order chi connectivity index (χ0) is 18.9. The molecule has 0 saturated carbocycles. The molecule has 0 spiro atoms. The van der Waals surface area contributed by atoms with Crippen LogP contribution in [0.2, 0.25) is 0 Å². The van der Waals surface area contributed by atoms with Crippen molar-refractivity contribution in [1.29, 1.82) is 0 Å². The number of carbonyl (C=O) groups excluding carboxylic acids is 1. The number of nitrogens with zero attached hydrogens (tertiary/aromatic N) is 3. The van der Waals surface area contributed by atoms with E-state index in [1.165, 1.54) is 0 Å². The van der Waals surface area contributed by atoms with Crippen LogP contribution in [0.5, 0.6) is 11.5 Å². The summed E-state index contributed by atoms with van der Waals surface area (Å²) in [4.78, 5) is 20.1. The lowest BCUT2D eigenvalue weighted by molar-refractivity contribution is -0.123. The second kappa shape index (κ2) is 9.33. The fourth-order valence-corrected chi connectivity index (χ4v) is 2.17. The Morgan fingerprint density at radius 3 is 2.48 bits per heavy atom. The highest BCUT2D eigenvalue weighted by atomic mass is 16.5. The van der Waals surface area contributed by atoms with Crippen LogP contribution in [-0.2, 0) is 11.3 Å². The first-order valence-corrected chi connectivity index (χ1v) is 8.60. The van der Waals surface area contributed by atoms with Crippen LogP contribution >= 0.6 is 0 Å². The van der Waals surface area contributed by atoms with Gasteiger partial charge in [0, 0.05) is 18.0 Å². The number of ether oxygens (including phenoxy) is 2. The van der Waals surface area contributed by atoms with Crippen LogP contribution in [0, 0.1) is 0 Å². The van der Waals surface area contributed by atoms with Crippen molar-refractivity contribution in [3.8, 4) is 22.9 Å². The highest BCUT2D eigenvalue weighted by molar-refractivity contribution is 5.77. The highest BCUT2D eigenvalue weighted by Gasteiger charge is 2.10. The van der Waals surface area contributed by atoms with Crippen LogP contribution < -0.4 is 14.8 Å². The predicted molar refractivity (Wildman–Crippen MR) is 97.1 cm³/mol. The van der Waals surface area contributed by atoms with Crippen LogP contribution in [0.4, 0.5) is 0 Å². The number of pyridine rings is 1. The number of carbonyl (C=O) groups is 1. The van der Waals surface area contributed by atoms with E-state index in [4.69, 9.17) is 14.0 Å². The average molecular weight is 368 g/mol. The number of amides is 1. The minimum atomic E-state index is -0.287. The van der Waals surface area contributed by atoms with E-state index in [9.17, 15) is 4.79 Å². The molecule has 0 saturated heterocycles. The standard InChI is InChI=1S/C19H20N4O4/c1-2-11-25-15-3-5-16(6-4-15)26-13-17(24)21-12-18-22-19(23-27-18)14-7-9-20-10-8-14/h3-10H,2,11-13H2,1H3,(H,21,24). The molecule has 8 nitrogen and oxygen atoms in total. The van der Waals surface area contributed by atoms with Gasteiger partial charge in [-0.15, -0.1) is 0 Å². The summed E-state index contributed by atoms with van der Waals surface area (Å²) < 4.78 is 16.1. The summed E-state index contributed by atoms with van der Waals surface area (Å²) in [5.41, 5.74) is 0.793. The molecule has 0 atom stereocenters. The molecule has 0 fully saturated rings. The second-order valence-corrected chi connectivity index (χ2v) is 5.63. The molecule has 0 radical (unpaired) electrons. The van der Waals surface area contributed by atoms with Crippen molar-refractivity contribution in [2.24, 2.45) is 0 Å². The Kier molecular flexibility index (Phi) is 6.35. The molecule has 2 heterocycles. The zero-order valence-electron chi connectivity index (χ0n) is 14.9. The maximum atomic E-state index is 11.9. The molecule has 0 bridgehead atoms. The average Bonchev–Trinajstić information content (AvgIpc) is 3.20. The molecule has 3 aromatic rings. The van der Waals surface area contributed by atoms with Gasteiger partial charge in [0.05, 0.1) is 13.2 Å². The molecule has 0 aliphatic heterocycles. The predicted octanol–water partition coefficient (Wildman–Crippen LogP) is 2.62. The summed E-state index contributed by atoms with van der Waals surface area (Å²) in [5, 5.41) is 6.56. The second-order valence-electron chi connectivity index (χ2n) is 5.63. The molecule has 0 unspecified atom stereocenters. The molecule has 1 aromatic carbocycles. The SMILES string of the molecule is CCCOc1ccc(OCC(=O)NCc2nc(-c3ccncc3)no2)cc1. The van der Waals surface area contributed by atoms with Crippen molar-refractivity contribution in [3.05, 3.63) is 54.7 Å². The maximum Gasteiger partial charge on any atom is 0.258 e. The van der Waals surface area contributed by atoms with Gasteiger partial charge in [-0.1, -0.05) is 12.1 Å². The van der Waals surface area contributed by atoms with Gasteiger partial charge in [0.1, 0.15) is 11.5 Å². The van der Waals surface area contributed by atoms with Crippen molar-refractivity contribution in [1.82, 2.24) is 20.4 Å². The molecule has 27 heavy (non-hydrogen) atoms. The third-order valence-electron chi connectivity index (χ3n) is 3.51. The summed E-state index contributed by atoms with van der Waals surface area (Å²) in [6.45, 7) is 2.73. The highest BCUT2D eigenvalue weighted by Crippen LogP contribution is 2.17. The van der Waals surface area contributed by atoms with E-state index in [1.807, 2.05) is 19.1 Å². The monoisotopic (exact) mass is 368 g/mol. The number of hydrogen-bond acceptors (Lipinski definition) is 7. The van der Waals surface area contributed by atoms with Crippen molar-refractivity contribution in [3.63, 3.8) is 0 Å². The number of benzene rings is 1. The summed E-state index contributed by atoms with van der Waals surface area (Å²) in [6.07, 6.45) is 4.24. The first kappa shape index (κ1) is 18.4. The summed E-state index contributed by atoms with van der Waals surface area (Å²) in [5.74, 6) is 1.84. The van der Waals surface area contributed by atoms with Gasteiger partial charge in [0.2, 0.25) is 11.7 Å². The lowest BCUT2D eigenvalue weighted by Crippen LogP contribution is -2.28. The largest absolute Gasteiger partial charge is 0.494 e. The molecule has 2 aromatic heterocycles. The minimum Gasteiger partial charge on any atom is -0.494 e. The van der Waals surface area contributed by atoms with Gasteiger partial charge in [-0.3, -0.25) is 9.78 Å². The molecule has 8 heteroatoms. The van der Waals surface area contributed by atoms with Gasteiger partial charge in [-0.25, -0.2) is 0 Å². The molecular formula is C19H20N4O4. The molecule has 0 aliphatic carbocycles. The van der Waals surface area contributed by atoms with Crippen LogP contribution in [0.1, 0.15) is 19.2 Å². The fourth-order valence-electron chi connectivity index (χ4n) is 2.17. The molecular weight excluding hydrogens is 348 g/mol. The molecule has 3 rings (SSSR count). The summed E-state index contributed by atoms with van der Waals surface area (Å²) in [6, 6.07) is 10.7. The van der Waals surface area contributed by atoms with E-state index in [0.717, 1.165) is 17.7 Å². The maximum absolute atomic E-state index is 11.9. The van der Waals surface area contributed by atoms with E-state index in [2.05, 4.69) is 20.4 Å². The smallest absolute Gasteiger partial charge is 0.258 e. The van der Waals surface area contributed by atoms with Gasteiger partial charge in [-0.05, 0) is 42.8 Å². The Labute approximate surface area is 156 Å². The first-order chi connectivity index (χ1) is 13.2. The number of rotatable bonds is 9. The van der Waals surface area contributed by atoms with Crippen LogP contribution in [-0.4, -0.2) is 34.2 Å². The Balaban J connectivity index is 1.43. The summed E-state index contributed by atoms with van der Waals surface area (Å²) >= 11 is 0. The third kappa shape index (κ3) is 5.53. The normalized spacial score (nSPS) is 10.4. The number of aromatic nitrogens is 3. The van der Waals surface area contributed by atoms with Gasteiger partial charge in [0.15, 0.2) is 6.61 Å². The molecule has 140 valence electrons.